The number of halogens is 2. The first-order chi connectivity index (χ1) is 14.4. The van der Waals surface area contributed by atoms with Crippen molar-refractivity contribution in [2.45, 2.75) is 26.2 Å². The second-order valence-corrected chi connectivity index (χ2v) is 7.58. The minimum absolute atomic E-state index is 0.168. The molecule has 0 bridgehead atoms. The number of hydrogen-bond donors (Lipinski definition) is 2. The second kappa shape index (κ2) is 8.38. The van der Waals surface area contributed by atoms with E-state index in [0.717, 1.165) is 12.0 Å². The summed E-state index contributed by atoms with van der Waals surface area (Å²) in [6.07, 6.45) is 3.55. The van der Waals surface area contributed by atoms with Gasteiger partial charge in [-0.1, -0.05) is 23.2 Å². The molecule has 3 aromatic rings. The van der Waals surface area contributed by atoms with Crippen molar-refractivity contribution in [3.8, 4) is 0 Å². The van der Waals surface area contributed by atoms with Gasteiger partial charge in [0.2, 0.25) is 0 Å². The predicted molar refractivity (Wildman–Crippen MR) is 114 cm³/mol. The molecule has 2 N–H and O–H groups in total. The molecule has 2 aromatic heterocycles. The summed E-state index contributed by atoms with van der Waals surface area (Å²) >= 11 is 11.9. The maximum absolute atomic E-state index is 12.8. The number of hydrogen-bond acceptors (Lipinski definition) is 5. The SMILES string of the molecule is Cc1c(C(=O)Nc2ccc(Cl)c(Cl)c2)oc2c1/C(=N/NC(=O)c1ccco1)CCC2. The third-order valence-electron chi connectivity index (χ3n) is 4.75. The molecule has 2 heterocycles. The minimum Gasteiger partial charge on any atom is -0.459 e. The highest BCUT2D eigenvalue weighted by molar-refractivity contribution is 6.42. The van der Waals surface area contributed by atoms with E-state index in [9.17, 15) is 9.59 Å². The van der Waals surface area contributed by atoms with E-state index in [1.54, 1.807) is 37.3 Å². The van der Waals surface area contributed by atoms with E-state index in [4.69, 9.17) is 32.0 Å². The number of hydrazone groups is 1. The molecule has 154 valence electrons. The summed E-state index contributed by atoms with van der Waals surface area (Å²) in [6, 6.07) is 8.00. The zero-order valence-electron chi connectivity index (χ0n) is 15.9. The predicted octanol–water partition coefficient (Wildman–Crippen LogP) is 5.21. The van der Waals surface area contributed by atoms with E-state index in [-0.39, 0.29) is 11.5 Å². The van der Waals surface area contributed by atoms with Gasteiger partial charge >= 0.3 is 5.91 Å². The van der Waals surface area contributed by atoms with Gasteiger partial charge in [-0.3, -0.25) is 9.59 Å². The lowest BCUT2D eigenvalue weighted by Gasteiger charge is -2.13. The van der Waals surface area contributed by atoms with Gasteiger partial charge in [0.25, 0.3) is 5.91 Å². The van der Waals surface area contributed by atoms with Gasteiger partial charge in [-0.05, 0) is 50.1 Å². The number of fused-ring (bicyclic) bond motifs is 1. The van der Waals surface area contributed by atoms with Crippen LogP contribution in [0, 0.1) is 6.92 Å². The summed E-state index contributed by atoms with van der Waals surface area (Å²) in [7, 11) is 0. The molecule has 0 fully saturated rings. The summed E-state index contributed by atoms with van der Waals surface area (Å²) < 4.78 is 10.9. The largest absolute Gasteiger partial charge is 0.459 e. The van der Waals surface area contributed by atoms with Crippen molar-refractivity contribution < 1.29 is 18.4 Å². The number of amides is 2. The van der Waals surface area contributed by atoms with Crippen LogP contribution in [0.3, 0.4) is 0 Å². The monoisotopic (exact) mass is 445 g/mol. The van der Waals surface area contributed by atoms with Crippen LogP contribution in [0.25, 0.3) is 0 Å². The highest BCUT2D eigenvalue weighted by Gasteiger charge is 2.28. The van der Waals surface area contributed by atoms with E-state index in [0.29, 0.717) is 45.6 Å². The zero-order valence-corrected chi connectivity index (χ0v) is 17.4. The molecule has 0 aliphatic heterocycles. The van der Waals surface area contributed by atoms with Crippen LogP contribution < -0.4 is 10.7 Å². The van der Waals surface area contributed by atoms with E-state index >= 15 is 0 Å². The van der Waals surface area contributed by atoms with Crippen LogP contribution in [0.15, 0.2) is 50.5 Å². The van der Waals surface area contributed by atoms with Gasteiger partial charge in [-0.2, -0.15) is 5.10 Å². The Bertz CT molecular complexity index is 1150. The Labute approximate surface area is 182 Å². The molecule has 0 atom stereocenters. The van der Waals surface area contributed by atoms with Crippen LogP contribution in [0.1, 0.15) is 50.8 Å². The van der Waals surface area contributed by atoms with Gasteiger partial charge in [0.15, 0.2) is 11.5 Å². The van der Waals surface area contributed by atoms with Gasteiger partial charge in [-0.15, -0.1) is 0 Å². The van der Waals surface area contributed by atoms with E-state index in [2.05, 4.69) is 15.8 Å². The lowest BCUT2D eigenvalue weighted by atomic mass is 9.93. The van der Waals surface area contributed by atoms with Gasteiger partial charge in [0.1, 0.15) is 5.76 Å². The molecule has 0 unspecified atom stereocenters. The number of nitrogens with one attached hydrogen (secondary N) is 2. The van der Waals surface area contributed by atoms with Crippen molar-refractivity contribution in [3.05, 3.63) is 75.0 Å². The van der Waals surface area contributed by atoms with E-state index in [1.807, 2.05) is 0 Å². The number of benzene rings is 1. The number of carbonyl (C=O) groups is 2. The molecule has 1 aromatic carbocycles. The number of furan rings is 2. The summed E-state index contributed by atoms with van der Waals surface area (Å²) in [5, 5.41) is 7.75. The summed E-state index contributed by atoms with van der Waals surface area (Å²) in [5.41, 5.74) is 5.07. The Balaban J connectivity index is 1.57. The quantitative estimate of drug-likeness (QED) is 0.538. The molecule has 9 heteroatoms. The number of carbonyl (C=O) groups excluding carboxylic acids is 2. The van der Waals surface area contributed by atoms with Crippen molar-refractivity contribution in [1.82, 2.24) is 5.43 Å². The molecular formula is C21H17Cl2N3O4. The van der Waals surface area contributed by atoms with Crippen molar-refractivity contribution >= 4 is 46.4 Å². The Morgan fingerprint density at radius 2 is 1.93 bits per heavy atom. The van der Waals surface area contributed by atoms with Gasteiger partial charge in [-0.25, -0.2) is 5.43 Å². The zero-order chi connectivity index (χ0) is 21.3. The Morgan fingerprint density at radius 1 is 1.10 bits per heavy atom. The molecular weight excluding hydrogens is 429 g/mol. The average molecular weight is 446 g/mol. The van der Waals surface area contributed by atoms with Crippen molar-refractivity contribution in [1.29, 1.82) is 0 Å². The summed E-state index contributed by atoms with van der Waals surface area (Å²) in [5.74, 6) is 0.181. The third kappa shape index (κ3) is 3.99. The normalized spacial score (nSPS) is 14.4. The third-order valence-corrected chi connectivity index (χ3v) is 5.49. The Kier molecular flexibility index (Phi) is 5.65. The number of rotatable bonds is 4. The first kappa shape index (κ1) is 20.3. The summed E-state index contributed by atoms with van der Waals surface area (Å²) in [6.45, 7) is 1.79. The fourth-order valence-corrected chi connectivity index (χ4v) is 3.64. The van der Waals surface area contributed by atoms with E-state index < -0.39 is 11.8 Å². The lowest BCUT2D eigenvalue weighted by Crippen LogP contribution is -2.21. The molecule has 4 rings (SSSR count). The minimum atomic E-state index is -0.446. The standard InChI is InChI=1S/C21H17Cl2N3O4/c1-11-18-15(25-26-20(27)17-6-3-9-29-17)4-2-5-16(18)30-19(11)21(28)24-12-7-8-13(22)14(23)10-12/h3,6-10H,2,4-5H2,1H3,(H,24,28)(H,26,27)/b25-15+. The highest BCUT2D eigenvalue weighted by Crippen LogP contribution is 2.31. The molecule has 30 heavy (non-hydrogen) atoms. The Morgan fingerprint density at radius 3 is 2.67 bits per heavy atom. The fourth-order valence-electron chi connectivity index (χ4n) is 3.34. The topological polar surface area (TPSA) is 96.8 Å². The first-order valence-electron chi connectivity index (χ1n) is 9.23. The Hall–Kier alpha value is -3.03. The van der Waals surface area contributed by atoms with Crippen molar-refractivity contribution in [3.63, 3.8) is 0 Å². The molecule has 2 amide bonds. The molecule has 7 nitrogen and oxygen atoms in total. The molecule has 0 spiro atoms. The summed E-state index contributed by atoms with van der Waals surface area (Å²) in [4.78, 5) is 24.9. The first-order valence-corrected chi connectivity index (χ1v) is 9.99. The number of nitrogens with zero attached hydrogens (tertiary/aromatic N) is 1. The van der Waals surface area contributed by atoms with Gasteiger partial charge < -0.3 is 14.2 Å². The molecule has 1 aliphatic rings. The van der Waals surface area contributed by atoms with Crippen LogP contribution in [0.2, 0.25) is 10.0 Å². The van der Waals surface area contributed by atoms with Crippen LogP contribution in [0.5, 0.6) is 0 Å². The highest BCUT2D eigenvalue weighted by atomic mass is 35.5. The van der Waals surface area contributed by atoms with Crippen LogP contribution >= 0.6 is 23.2 Å². The van der Waals surface area contributed by atoms with Crippen LogP contribution in [-0.2, 0) is 6.42 Å². The maximum atomic E-state index is 12.8. The smallest absolute Gasteiger partial charge is 0.307 e. The van der Waals surface area contributed by atoms with Crippen LogP contribution in [0.4, 0.5) is 5.69 Å². The molecule has 1 aliphatic carbocycles. The van der Waals surface area contributed by atoms with Gasteiger partial charge in [0.05, 0.1) is 22.0 Å². The van der Waals surface area contributed by atoms with Crippen molar-refractivity contribution in [2.24, 2.45) is 5.10 Å². The molecule has 0 saturated heterocycles. The number of aryl methyl sites for hydroxylation is 1. The second-order valence-electron chi connectivity index (χ2n) is 6.77. The fraction of sp³-hybridized carbons (Fsp3) is 0.190. The van der Waals surface area contributed by atoms with Crippen LogP contribution in [-0.4, -0.2) is 17.5 Å². The number of anilines is 1. The average Bonchev–Trinajstić information content (AvgIpc) is 3.38. The van der Waals surface area contributed by atoms with E-state index in [1.165, 1.54) is 6.26 Å². The molecule has 0 radical (unpaired) electrons. The molecule has 0 saturated carbocycles. The lowest BCUT2D eigenvalue weighted by molar-refractivity contribution is 0.0926. The maximum Gasteiger partial charge on any atom is 0.307 e. The van der Waals surface area contributed by atoms with Crippen molar-refractivity contribution in [2.75, 3.05) is 5.32 Å². The van der Waals surface area contributed by atoms with Gasteiger partial charge in [0, 0.05) is 23.2 Å².